The molecule has 0 spiro atoms. The minimum atomic E-state index is -4.07. The predicted molar refractivity (Wildman–Crippen MR) is 159 cm³/mol. The SMILES string of the molecule is Cc1cccc(CS(=O)(=O)NC(=O)c2cc3cc(-c4cc(Cl)c5[nH]ncc5c4)c(-c4ccccc4)nc3[nH]c2=O)c1. The summed E-state index contributed by atoms with van der Waals surface area (Å²) in [5.41, 5.74) is 4.07. The van der Waals surface area contributed by atoms with Gasteiger partial charge in [-0.2, -0.15) is 5.10 Å². The summed E-state index contributed by atoms with van der Waals surface area (Å²) in [6, 6.07) is 23.2. The Bertz CT molecular complexity index is 2140. The van der Waals surface area contributed by atoms with E-state index < -0.39 is 27.2 Å². The number of carbonyl (C=O) groups excluding carboxylic acids is 1. The lowest BCUT2D eigenvalue weighted by atomic mass is 9.97. The van der Waals surface area contributed by atoms with Crippen LogP contribution in [0.4, 0.5) is 0 Å². The van der Waals surface area contributed by atoms with Crippen molar-refractivity contribution < 1.29 is 13.2 Å². The number of rotatable bonds is 6. The van der Waals surface area contributed by atoms with Gasteiger partial charge in [-0.1, -0.05) is 71.8 Å². The standard InChI is InChI=1S/C30H22ClN5O4S/c1-17-6-5-7-18(10-17)16-41(39,40)36-30(38)24-13-21-12-23(20-11-22-15-32-35-27(22)25(31)14-20)26(19-8-3-2-4-9-19)33-28(21)34-29(24)37/h2-15H,16H2,1H3,(H,32,35)(H,36,38)(H,33,34,37). The molecule has 0 aliphatic rings. The number of aromatic amines is 2. The monoisotopic (exact) mass is 583 g/mol. The Morgan fingerprint density at radius 2 is 1.76 bits per heavy atom. The Morgan fingerprint density at radius 1 is 0.951 bits per heavy atom. The number of nitrogens with one attached hydrogen (secondary N) is 3. The third kappa shape index (κ3) is 5.34. The summed E-state index contributed by atoms with van der Waals surface area (Å²) in [4.78, 5) is 33.4. The molecule has 3 aromatic carbocycles. The summed E-state index contributed by atoms with van der Waals surface area (Å²) in [5, 5.41) is 8.64. The lowest BCUT2D eigenvalue weighted by Gasteiger charge is -2.13. The van der Waals surface area contributed by atoms with Crippen LogP contribution in [-0.4, -0.2) is 34.5 Å². The molecule has 3 N–H and O–H groups in total. The predicted octanol–water partition coefficient (Wildman–Crippen LogP) is 5.36. The first-order valence-corrected chi connectivity index (χ1v) is 14.6. The lowest BCUT2D eigenvalue weighted by Crippen LogP contribution is -2.35. The summed E-state index contributed by atoms with van der Waals surface area (Å²) >= 11 is 6.54. The van der Waals surface area contributed by atoms with Gasteiger partial charge in [-0.15, -0.1) is 0 Å². The van der Waals surface area contributed by atoms with Gasteiger partial charge in [0.15, 0.2) is 0 Å². The number of fused-ring (bicyclic) bond motifs is 2. The zero-order valence-corrected chi connectivity index (χ0v) is 23.2. The molecule has 0 fully saturated rings. The lowest BCUT2D eigenvalue weighted by molar-refractivity contribution is 0.0980. The van der Waals surface area contributed by atoms with Gasteiger partial charge in [0.25, 0.3) is 11.5 Å². The quantitative estimate of drug-likeness (QED) is 0.241. The second-order valence-electron chi connectivity index (χ2n) is 9.67. The van der Waals surface area contributed by atoms with Crippen LogP contribution in [0.1, 0.15) is 21.5 Å². The summed E-state index contributed by atoms with van der Waals surface area (Å²) in [5.74, 6) is -1.44. The maximum absolute atomic E-state index is 13.0. The minimum Gasteiger partial charge on any atom is -0.306 e. The number of benzene rings is 3. The number of H-pyrrole nitrogens is 2. The van der Waals surface area contributed by atoms with Crippen molar-refractivity contribution in [3.05, 3.63) is 117 Å². The number of pyridine rings is 2. The summed E-state index contributed by atoms with van der Waals surface area (Å²) in [6.45, 7) is 1.84. The molecule has 0 bridgehead atoms. The molecule has 1 amide bonds. The molecule has 0 saturated carbocycles. The van der Waals surface area contributed by atoms with Crippen molar-refractivity contribution in [3.8, 4) is 22.4 Å². The highest BCUT2D eigenvalue weighted by Crippen LogP contribution is 2.36. The second kappa shape index (κ2) is 10.3. The first-order chi connectivity index (χ1) is 19.7. The number of nitrogens with zero attached hydrogens (tertiary/aromatic N) is 2. The number of aromatic nitrogens is 4. The van der Waals surface area contributed by atoms with E-state index in [2.05, 4.69) is 15.2 Å². The summed E-state index contributed by atoms with van der Waals surface area (Å²) < 4.78 is 27.5. The van der Waals surface area contributed by atoms with Gasteiger partial charge in [-0.25, -0.2) is 18.1 Å². The maximum Gasteiger partial charge on any atom is 0.270 e. The zero-order chi connectivity index (χ0) is 28.7. The highest BCUT2D eigenvalue weighted by atomic mass is 35.5. The van der Waals surface area contributed by atoms with Gasteiger partial charge in [0.2, 0.25) is 10.0 Å². The van der Waals surface area contributed by atoms with Gasteiger partial charge in [0, 0.05) is 21.9 Å². The molecule has 11 heteroatoms. The molecule has 6 rings (SSSR count). The topological polar surface area (TPSA) is 138 Å². The van der Waals surface area contributed by atoms with Crippen LogP contribution in [-0.2, 0) is 15.8 Å². The van der Waals surface area contributed by atoms with Crippen molar-refractivity contribution in [2.45, 2.75) is 12.7 Å². The average molecular weight is 584 g/mol. The molecule has 41 heavy (non-hydrogen) atoms. The van der Waals surface area contributed by atoms with Crippen LogP contribution in [0.25, 0.3) is 44.3 Å². The Labute approximate surface area is 239 Å². The van der Waals surface area contributed by atoms with Crippen LogP contribution in [0.2, 0.25) is 5.02 Å². The Kier molecular flexibility index (Phi) is 6.64. The number of amides is 1. The molecule has 3 heterocycles. The van der Waals surface area contributed by atoms with Crippen molar-refractivity contribution in [1.82, 2.24) is 24.9 Å². The van der Waals surface area contributed by atoms with Crippen LogP contribution < -0.4 is 10.3 Å². The Balaban J connectivity index is 1.44. The van der Waals surface area contributed by atoms with Gasteiger partial charge in [-0.05, 0) is 42.3 Å². The van der Waals surface area contributed by atoms with E-state index in [-0.39, 0.29) is 11.2 Å². The Hall–Kier alpha value is -4.80. The molecule has 6 aromatic rings. The van der Waals surface area contributed by atoms with Gasteiger partial charge in [-0.3, -0.25) is 14.7 Å². The number of carbonyl (C=O) groups is 1. The molecule has 0 radical (unpaired) electrons. The Morgan fingerprint density at radius 3 is 2.54 bits per heavy atom. The van der Waals surface area contributed by atoms with Gasteiger partial charge in [0.05, 0.1) is 28.2 Å². The molecular formula is C30H22ClN5O4S. The molecular weight excluding hydrogens is 562 g/mol. The maximum atomic E-state index is 13.0. The van der Waals surface area contributed by atoms with E-state index in [4.69, 9.17) is 16.6 Å². The van der Waals surface area contributed by atoms with Crippen molar-refractivity contribution in [1.29, 1.82) is 0 Å². The van der Waals surface area contributed by atoms with Crippen molar-refractivity contribution >= 4 is 49.5 Å². The van der Waals surface area contributed by atoms with Crippen LogP contribution in [0.5, 0.6) is 0 Å². The fraction of sp³-hybridized carbons (Fsp3) is 0.0667. The first kappa shape index (κ1) is 26.4. The molecule has 9 nitrogen and oxygen atoms in total. The largest absolute Gasteiger partial charge is 0.306 e. The van der Waals surface area contributed by atoms with Gasteiger partial charge in [0.1, 0.15) is 11.2 Å². The highest BCUT2D eigenvalue weighted by Gasteiger charge is 2.21. The van der Waals surface area contributed by atoms with Crippen molar-refractivity contribution in [2.75, 3.05) is 0 Å². The van der Waals surface area contributed by atoms with E-state index in [1.54, 1.807) is 36.5 Å². The number of hydrogen-bond acceptors (Lipinski definition) is 6. The third-order valence-electron chi connectivity index (χ3n) is 6.62. The van der Waals surface area contributed by atoms with Crippen LogP contribution in [0.15, 0.2) is 89.9 Å². The summed E-state index contributed by atoms with van der Waals surface area (Å²) in [6.07, 6.45) is 1.67. The smallest absolute Gasteiger partial charge is 0.270 e. The number of aryl methyl sites for hydroxylation is 1. The van der Waals surface area contributed by atoms with Gasteiger partial charge < -0.3 is 4.98 Å². The third-order valence-corrected chi connectivity index (χ3v) is 8.13. The van der Waals surface area contributed by atoms with Gasteiger partial charge >= 0.3 is 0 Å². The summed E-state index contributed by atoms with van der Waals surface area (Å²) in [7, 11) is -4.07. The van der Waals surface area contributed by atoms with Crippen LogP contribution in [0.3, 0.4) is 0 Å². The fourth-order valence-corrected chi connectivity index (χ4v) is 6.11. The van der Waals surface area contributed by atoms with Crippen molar-refractivity contribution in [3.63, 3.8) is 0 Å². The van der Waals surface area contributed by atoms with E-state index in [0.717, 1.165) is 22.1 Å². The molecule has 204 valence electrons. The van der Waals surface area contributed by atoms with E-state index >= 15 is 0 Å². The van der Waals surface area contributed by atoms with Crippen molar-refractivity contribution in [2.24, 2.45) is 0 Å². The van der Waals surface area contributed by atoms with E-state index in [0.29, 0.717) is 32.7 Å². The molecule has 0 aliphatic carbocycles. The molecule has 0 atom stereocenters. The first-order valence-electron chi connectivity index (χ1n) is 12.5. The highest BCUT2D eigenvalue weighted by molar-refractivity contribution is 7.89. The molecule has 0 saturated heterocycles. The van der Waals surface area contributed by atoms with Crippen LogP contribution >= 0.6 is 11.6 Å². The fourth-order valence-electron chi connectivity index (χ4n) is 4.76. The van der Waals surface area contributed by atoms with E-state index in [9.17, 15) is 18.0 Å². The average Bonchev–Trinajstić information content (AvgIpc) is 3.41. The zero-order valence-electron chi connectivity index (χ0n) is 21.6. The van der Waals surface area contributed by atoms with Crippen LogP contribution in [0, 0.1) is 6.92 Å². The number of halogens is 1. The molecule has 3 aromatic heterocycles. The second-order valence-corrected chi connectivity index (χ2v) is 11.8. The van der Waals surface area contributed by atoms with E-state index in [1.165, 1.54) is 6.07 Å². The van der Waals surface area contributed by atoms with E-state index in [1.807, 2.05) is 54.1 Å². The minimum absolute atomic E-state index is 0.243. The molecule has 0 aliphatic heterocycles. The molecule has 0 unspecified atom stereocenters. The number of sulfonamides is 1. The number of hydrogen-bond donors (Lipinski definition) is 3. The normalized spacial score (nSPS) is 11.7.